The second-order valence-corrected chi connectivity index (χ2v) is 5.76. The van der Waals surface area contributed by atoms with E-state index in [4.69, 9.17) is 4.74 Å². The molecular formula is C16H22N6O2. The molecule has 3 rings (SSSR count). The van der Waals surface area contributed by atoms with Gasteiger partial charge in [-0.1, -0.05) is 0 Å². The minimum atomic E-state index is 0.194. The van der Waals surface area contributed by atoms with Crippen LogP contribution in [0.5, 0.6) is 5.88 Å². The summed E-state index contributed by atoms with van der Waals surface area (Å²) in [5.41, 5.74) is 0. The van der Waals surface area contributed by atoms with Gasteiger partial charge >= 0.3 is 0 Å². The Kier molecular flexibility index (Phi) is 5.25. The second kappa shape index (κ2) is 7.76. The van der Waals surface area contributed by atoms with Crippen LogP contribution in [0.15, 0.2) is 31.1 Å². The molecule has 1 amide bonds. The summed E-state index contributed by atoms with van der Waals surface area (Å²) in [5.74, 6) is 1.35. The van der Waals surface area contributed by atoms with E-state index < -0.39 is 0 Å². The third-order valence-corrected chi connectivity index (χ3v) is 4.19. The molecule has 1 aliphatic heterocycles. The highest BCUT2D eigenvalue weighted by atomic mass is 16.5. The number of amides is 1. The monoisotopic (exact) mass is 330 g/mol. The van der Waals surface area contributed by atoms with Crippen LogP contribution in [0, 0.1) is 0 Å². The van der Waals surface area contributed by atoms with E-state index in [1.54, 1.807) is 32.0 Å². The number of piperidine rings is 1. The van der Waals surface area contributed by atoms with E-state index in [9.17, 15) is 4.79 Å². The molecule has 0 aromatic carbocycles. The lowest BCUT2D eigenvalue weighted by Gasteiger charge is -2.32. The normalized spacial score (nSPS) is 15.3. The zero-order valence-electron chi connectivity index (χ0n) is 13.8. The first-order valence-electron chi connectivity index (χ1n) is 8.11. The van der Waals surface area contributed by atoms with Crippen molar-refractivity contribution in [3.63, 3.8) is 0 Å². The Labute approximate surface area is 140 Å². The Balaban J connectivity index is 1.46. The highest BCUT2D eigenvalue weighted by Gasteiger charge is 2.23. The third kappa shape index (κ3) is 4.01. The van der Waals surface area contributed by atoms with Crippen molar-refractivity contribution in [2.45, 2.75) is 31.8 Å². The molecule has 2 aromatic rings. The number of nitrogens with zero attached hydrogens (tertiary/aromatic N) is 5. The van der Waals surface area contributed by atoms with Gasteiger partial charge in [-0.15, -0.1) is 0 Å². The molecule has 0 unspecified atom stereocenters. The molecule has 128 valence electrons. The molecule has 8 nitrogen and oxygen atoms in total. The van der Waals surface area contributed by atoms with Crippen LogP contribution in [0.4, 0.5) is 5.82 Å². The summed E-state index contributed by atoms with van der Waals surface area (Å²) in [4.78, 5) is 26.6. The predicted molar refractivity (Wildman–Crippen MR) is 88.7 cm³/mol. The molecule has 24 heavy (non-hydrogen) atoms. The van der Waals surface area contributed by atoms with Gasteiger partial charge in [0.25, 0.3) is 5.88 Å². The third-order valence-electron chi connectivity index (χ3n) is 4.19. The van der Waals surface area contributed by atoms with Gasteiger partial charge in [-0.3, -0.25) is 4.79 Å². The van der Waals surface area contributed by atoms with E-state index in [2.05, 4.69) is 20.3 Å². The molecule has 8 heteroatoms. The summed E-state index contributed by atoms with van der Waals surface area (Å²) in [6, 6.07) is 0.272. The molecule has 2 aromatic heterocycles. The Bertz CT molecular complexity index is 652. The van der Waals surface area contributed by atoms with Crippen molar-refractivity contribution in [3.05, 3.63) is 31.1 Å². The molecule has 0 atom stereocenters. The van der Waals surface area contributed by atoms with Crippen LogP contribution in [0.25, 0.3) is 0 Å². The number of aromatic nitrogens is 4. The van der Waals surface area contributed by atoms with Gasteiger partial charge in [0, 0.05) is 56.9 Å². The maximum Gasteiger partial charge on any atom is 0.257 e. The van der Waals surface area contributed by atoms with E-state index >= 15 is 0 Å². The molecule has 0 radical (unpaired) electrons. The van der Waals surface area contributed by atoms with Crippen molar-refractivity contribution in [2.75, 3.05) is 25.5 Å². The fourth-order valence-electron chi connectivity index (χ4n) is 2.84. The Morgan fingerprint density at radius 2 is 2.08 bits per heavy atom. The standard InChI is InChI=1S/C16H22N6O2/c1-24-16-15(18-5-6-19-16)20-13-2-9-22(10-3-13)14(23)4-8-21-11-7-17-12-21/h5-7,11-13H,2-4,8-10H2,1H3,(H,18,20). The molecule has 0 aliphatic carbocycles. The highest BCUT2D eigenvalue weighted by Crippen LogP contribution is 2.21. The smallest absolute Gasteiger partial charge is 0.257 e. The summed E-state index contributed by atoms with van der Waals surface area (Å²) in [6.45, 7) is 2.18. The van der Waals surface area contributed by atoms with E-state index in [-0.39, 0.29) is 11.9 Å². The Hall–Kier alpha value is -2.64. The second-order valence-electron chi connectivity index (χ2n) is 5.76. The zero-order chi connectivity index (χ0) is 16.8. The fourth-order valence-corrected chi connectivity index (χ4v) is 2.84. The van der Waals surface area contributed by atoms with Crippen molar-refractivity contribution in [1.29, 1.82) is 0 Å². The van der Waals surface area contributed by atoms with Crippen LogP contribution >= 0.6 is 0 Å². The van der Waals surface area contributed by atoms with E-state index in [0.717, 1.165) is 25.9 Å². The largest absolute Gasteiger partial charge is 0.478 e. The average Bonchev–Trinajstić information content (AvgIpc) is 3.14. The highest BCUT2D eigenvalue weighted by molar-refractivity contribution is 5.76. The summed E-state index contributed by atoms with van der Waals surface area (Å²) in [5, 5.41) is 3.37. The number of rotatable bonds is 6. The van der Waals surface area contributed by atoms with Gasteiger partial charge < -0.3 is 19.5 Å². The Morgan fingerprint density at radius 1 is 1.29 bits per heavy atom. The first-order valence-corrected chi connectivity index (χ1v) is 8.11. The first-order chi connectivity index (χ1) is 11.8. The summed E-state index contributed by atoms with van der Waals surface area (Å²) < 4.78 is 7.13. The lowest BCUT2D eigenvalue weighted by molar-refractivity contribution is -0.132. The summed E-state index contributed by atoms with van der Waals surface area (Å²) >= 11 is 0. The molecular weight excluding hydrogens is 308 g/mol. The minimum Gasteiger partial charge on any atom is -0.478 e. The topological polar surface area (TPSA) is 85.2 Å². The molecule has 1 aliphatic rings. The molecule has 1 N–H and O–H groups in total. The minimum absolute atomic E-state index is 0.194. The fraction of sp³-hybridized carbons (Fsp3) is 0.500. The van der Waals surface area contributed by atoms with Crippen LogP contribution in [0.2, 0.25) is 0 Å². The summed E-state index contributed by atoms with van der Waals surface area (Å²) in [6.07, 6.45) is 10.8. The lowest BCUT2D eigenvalue weighted by atomic mass is 10.0. The van der Waals surface area contributed by atoms with Crippen LogP contribution in [0.3, 0.4) is 0 Å². The molecule has 3 heterocycles. The predicted octanol–water partition coefficient (Wildman–Crippen LogP) is 1.17. The number of hydrogen-bond acceptors (Lipinski definition) is 6. The number of nitrogens with one attached hydrogen (secondary N) is 1. The van der Waals surface area contributed by atoms with Crippen LogP contribution < -0.4 is 10.1 Å². The number of carbonyl (C=O) groups excluding carboxylic acids is 1. The number of methoxy groups -OCH3 is 1. The molecule has 0 spiro atoms. The number of ether oxygens (including phenoxy) is 1. The van der Waals surface area contributed by atoms with Crippen molar-refractivity contribution < 1.29 is 9.53 Å². The maximum absolute atomic E-state index is 12.3. The zero-order valence-corrected chi connectivity index (χ0v) is 13.8. The first kappa shape index (κ1) is 16.2. The van der Waals surface area contributed by atoms with E-state index in [1.165, 1.54) is 0 Å². The number of aryl methyl sites for hydroxylation is 1. The van der Waals surface area contributed by atoms with Crippen molar-refractivity contribution >= 4 is 11.7 Å². The van der Waals surface area contributed by atoms with Gasteiger partial charge in [0.2, 0.25) is 5.91 Å². The van der Waals surface area contributed by atoms with Gasteiger partial charge in [-0.05, 0) is 12.8 Å². The molecule has 0 bridgehead atoms. The van der Waals surface area contributed by atoms with Gasteiger partial charge in [-0.25, -0.2) is 15.0 Å². The van der Waals surface area contributed by atoms with Crippen LogP contribution in [0.1, 0.15) is 19.3 Å². The van der Waals surface area contributed by atoms with Crippen molar-refractivity contribution in [2.24, 2.45) is 0 Å². The molecule has 1 fully saturated rings. The van der Waals surface area contributed by atoms with Gasteiger partial charge in [-0.2, -0.15) is 0 Å². The number of hydrogen-bond donors (Lipinski definition) is 1. The Morgan fingerprint density at radius 3 is 2.79 bits per heavy atom. The average molecular weight is 330 g/mol. The van der Waals surface area contributed by atoms with Crippen molar-refractivity contribution in [1.82, 2.24) is 24.4 Å². The maximum atomic E-state index is 12.3. The number of likely N-dealkylation sites (tertiary alicyclic amines) is 1. The number of imidazole rings is 1. The van der Waals surface area contributed by atoms with Gasteiger partial charge in [0.05, 0.1) is 13.4 Å². The number of carbonyl (C=O) groups is 1. The van der Waals surface area contributed by atoms with Crippen LogP contribution in [-0.2, 0) is 11.3 Å². The quantitative estimate of drug-likeness (QED) is 0.856. The van der Waals surface area contributed by atoms with Gasteiger partial charge in [0.1, 0.15) is 0 Å². The number of anilines is 1. The van der Waals surface area contributed by atoms with E-state index in [0.29, 0.717) is 24.7 Å². The van der Waals surface area contributed by atoms with Crippen LogP contribution in [-0.4, -0.2) is 56.6 Å². The van der Waals surface area contributed by atoms with Gasteiger partial charge in [0.15, 0.2) is 5.82 Å². The van der Waals surface area contributed by atoms with Crippen molar-refractivity contribution in [3.8, 4) is 5.88 Å². The molecule has 1 saturated heterocycles. The SMILES string of the molecule is COc1nccnc1NC1CCN(C(=O)CCn2ccnc2)CC1. The summed E-state index contributed by atoms with van der Waals surface area (Å²) in [7, 11) is 1.58. The molecule has 0 saturated carbocycles. The lowest BCUT2D eigenvalue weighted by Crippen LogP contribution is -2.42. The van der Waals surface area contributed by atoms with E-state index in [1.807, 2.05) is 15.7 Å².